The van der Waals surface area contributed by atoms with E-state index in [-0.39, 0.29) is 16.5 Å². The van der Waals surface area contributed by atoms with Gasteiger partial charge < -0.3 is 5.32 Å². The normalized spacial score (nSPS) is 12.2. The summed E-state index contributed by atoms with van der Waals surface area (Å²) < 4.78 is 22.6. The predicted molar refractivity (Wildman–Crippen MR) is 65.9 cm³/mol. The third kappa shape index (κ3) is 3.54. The van der Waals surface area contributed by atoms with Crippen LogP contribution in [-0.2, 0) is 14.8 Å². The molecule has 0 aliphatic carbocycles. The summed E-state index contributed by atoms with van der Waals surface area (Å²) in [6.45, 7) is 5.21. The molecule has 0 atom stereocenters. The number of nitrogens with one attached hydrogen (secondary N) is 1. The molecular formula is C11H16N2O3S. The quantitative estimate of drug-likeness (QED) is 0.836. The van der Waals surface area contributed by atoms with E-state index in [0.29, 0.717) is 0 Å². The summed E-state index contributed by atoms with van der Waals surface area (Å²) in [7, 11) is -3.84. The zero-order valence-electron chi connectivity index (χ0n) is 10.0. The predicted octanol–water partition coefficient (Wildman–Crippen LogP) is 1.32. The number of carbonyl (C=O) groups is 1. The SMILES string of the molecule is CC(C)(C)C(=O)Nc1ccccc1S(N)(=O)=O. The first-order chi connectivity index (χ1) is 7.62. The van der Waals surface area contributed by atoms with E-state index >= 15 is 0 Å². The second kappa shape index (κ2) is 4.46. The van der Waals surface area contributed by atoms with Gasteiger partial charge in [-0.1, -0.05) is 32.9 Å². The Hall–Kier alpha value is -1.40. The van der Waals surface area contributed by atoms with Crippen molar-refractivity contribution in [2.75, 3.05) is 5.32 Å². The summed E-state index contributed by atoms with van der Waals surface area (Å²) in [5.74, 6) is -0.270. The van der Waals surface area contributed by atoms with Crippen molar-refractivity contribution in [1.82, 2.24) is 0 Å². The van der Waals surface area contributed by atoms with E-state index in [9.17, 15) is 13.2 Å². The highest BCUT2D eigenvalue weighted by atomic mass is 32.2. The summed E-state index contributed by atoms with van der Waals surface area (Å²) in [5, 5.41) is 7.62. The molecular weight excluding hydrogens is 240 g/mol. The fraction of sp³-hybridized carbons (Fsp3) is 0.364. The average molecular weight is 256 g/mol. The van der Waals surface area contributed by atoms with E-state index in [1.165, 1.54) is 12.1 Å². The fourth-order valence-electron chi connectivity index (χ4n) is 1.13. The lowest BCUT2D eigenvalue weighted by atomic mass is 9.95. The smallest absolute Gasteiger partial charge is 0.240 e. The van der Waals surface area contributed by atoms with E-state index in [1.54, 1.807) is 32.9 Å². The maximum absolute atomic E-state index is 11.8. The van der Waals surface area contributed by atoms with Crippen molar-refractivity contribution in [3.05, 3.63) is 24.3 Å². The fourth-order valence-corrected chi connectivity index (χ4v) is 1.82. The largest absolute Gasteiger partial charge is 0.324 e. The monoisotopic (exact) mass is 256 g/mol. The second-order valence-corrected chi connectivity index (χ2v) is 6.28. The maximum atomic E-state index is 11.8. The zero-order chi connectivity index (χ0) is 13.3. The molecule has 0 bridgehead atoms. The molecule has 0 aliphatic rings. The number of hydrogen-bond acceptors (Lipinski definition) is 3. The molecule has 0 fully saturated rings. The van der Waals surface area contributed by atoms with Crippen molar-refractivity contribution < 1.29 is 13.2 Å². The van der Waals surface area contributed by atoms with Crippen LogP contribution in [0.1, 0.15) is 20.8 Å². The number of rotatable bonds is 2. The molecule has 0 unspecified atom stereocenters. The van der Waals surface area contributed by atoms with Crippen LogP contribution in [0.5, 0.6) is 0 Å². The Morgan fingerprint density at radius 3 is 2.24 bits per heavy atom. The molecule has 1 rings (SSSR count). The zero-order valence-corrected chi connectivity index (χ0v) is 10.8. The number of nitrogens with two attached hydrogens (primary N) is 1. The van der Waals surface area contributed by atoms with Gasteiger partial charge in [-0.25, -0.2) is 13.6 Å². The van der Waals surface area contributed by atoms with Gasteiger partial charge in [0.2, 0.25) is 15.9 Å². The molecule has 0 saturated heterocycles. The summed E-state index contributed by atoms with van der Waals surface area (Å²) in [4.78, 5) is 11.7. The minimum absolute atomic E-state index is 0.0856. The van der Waals surface area contributed by atoms with E-state index < -0.39 is 15.4 Å². The minimum atomic E-state index is -3.84. The third-order valence-corrected chi connectivity index (χ3v) is 3.09. The van der Waals surface area contributed by atoms with Crippen LogP contribution in [0.3, 0.4) is 0 Å². The van der Waals surface area contributed by atoms with Gasteiger partial charge in [0.25, 0.3) is 0 Å². The summed E-state index contributed by atoms with van der Waals surface area (Å²) >= 11 is 0. The van der Waals surface area contributed by atoms with Crippen molar-refractivity contribution in [2.24, 2.45) is 10.6 Å². The summed E-state index contributed by atoms with van der Waals surface area (Å²) in [6, 6.07) is 6.04. The lowest BCUT2D eigenvalue weighted by molar-refractivity contribution is -0.123. The molecule has 0 heterocycles. The van der Waals surface area contributed by atoms with Crippen LogP contribution in [0.4, 0.5) is 5.69 Å². The summed E-state index contributed by atoms with van der Waals surface area (Å²) in [6.07, 6.45) is 0. The number of carbonyl (C=O) groups excluding carboxylic acids is 1. The number of benzene rings is 1. The molecule has 5 nitrogen and oxygen atoms in total. The number of amides is 1. The van der Waals surface area contributed by atoms with Crippen LogP contribution < -0.4 is 10.5 Å². The number of anilines is 1. The molecule has 1 amide bonds. The molecule has 1 aromatic rings. The first kappa shape index (κ1) is 13.7. The third-order valence-electron chi connectivity index (χ3n) is 2.12. The topological polar surface area (TPSA) is 89.3 Å². The maximum Gasteiger partial charge on any atom is 0.240 e. The van der Waals surface area contributed by atoms with Crippen LogP contribution in [0.2, 0.25) is 0 Å². The van der Waals surface area contributed by atoms with E-state index in [4.69, 9.17) is 5.14 Å². The van der Waals surface area contributed by atoms with Gasteiger partial charge in [0.05, 0.1) is 5.69 Å². The van der Waals surface area contributed by atoms with Crippen molar-refractivity contribution >= 4 is 21.6 Å². The number of para-hydroxylation sites is 1. The number of hydrogen-bond donors (Lipinski definition) is 2. The molecule has 1 aromatic carbocycles. The molecule has 0 spiro atoms. The molecule has 0 radical (unpaired) electrons. The van der Waals surface area contributed by atoms with Crippen LogP contribution >= 0.6 is 0 Å². The molecule has 3 N–H and O–H groups in total. The molecule has 0 aliphatic heterocycles. The molecule has 0 aromatic heterocycles. The minimum Gasteiger partial charge on any atom is -0.324 e. The Morgan fingerprint density at radius 2 is 1.76 bits per heavy atom. The number of sulfonamides is 1. The van der Waals surface area contributed by atoms with Crippen LogP contribution in [0.25, 0.3) is 0 Å². The summed E-state index contributed by atoms with van der Waals surface area (Å²) in [5.41, 5.74) is -0.402. The Kier molecular flexibility index (Phi) is 3.59. The van der Waals surface area contributed by atoms with Crippen molar-refractivity contribution in [3.63, 3.8) is 0 Å². The first-order valence-electron chi connectivity index (χ1n) is 5.05. The van der Waals surface area contributed by atoms with Crippen LogP contribution in [0, 0.1) is 5.41 Å². The Morgan fingerprint density at radius 1 is 1.24 bits per heavy atom. The second-order valence-electron chi connectivity index (χ2n) is 4.75. The van der Waals surface area contributed by atoms with Gasteiger partial charge in [-0.15, -0.1) is 0 Å². The standard InChI is InChI=1S/C11H16N2O3S/c1-11(2,3)10(14)13-8-6-4-5-7-9(8)17(12,15)16/h4-7H,1-3H3,(H,13,14)(H2,12,15,16). The van der Waals surface area contributed by atoms with Gasteiger partial charge in [0, 0.05) is 5.41 Å². The Bertz CT molecular complexity index is 530. The average Bonchev–Trinajstić information content (AvgIpc) is 2.15. The van der Waals surface area contributed by atoms with Crippen LogP contribution in [-0.4, -0.2) is 14.3 Å². The van der Waals surface area contributed by atoms with Crippen LogP contribution in [0.15, 0.2) is 29.2 Å². The highest BCUT2D eigenvalue weighted by molar-refractivity contribution is 7.89. The van der Waals surface area contributed by atoms with Gasteiger partial charge in [-0.3, -0.25) is 4.79 Å². The Balaban J connectivity index is 3.13. The number of primary sulfonamides is 1. The lowest BCUT2D eigenvalue weighted by Crippen LogP contribution is -2.28. The molecule has 0 saturated carbocycles. The Labute approximate surface area is 101 Å². The highest BCUT2D eigenvalue weighted by Crippen LogP contribution is 2.22. The van der Waals surface area contributed by atoms with E-state index in [2.05, 4.69) is 5.32 Å². The molecule has 6 heteroatoms. The van der Waals surface area contributed by atoms with Gasteiger partial charge >= 0.3 is 0 Å². The van der Waals surface area contributed by atoms with Gasteiger partial charge in [-0.2, -0.15) is 0 Å². The van der Waals surface area contributed by atoms with Gasteiger partial charge in [0.1, 0.15) is 4.90 Å². The lowest BCUT2D eigenvalue weighted by Gasteiger charge is -2.18. The van der Waals surface area contributed by atoms with E-state index in [0.717, 1.165) is 0 Å². The first-order valence-corrected chi connectivity index (χ1v) is 6.60. The van der Waals surface area contributed by atoms with E-state index in [1.807, 2.05) is 0 Å². The highest BCUT2D eigenvalue weighted by Gasteiger charge is 2.23. The van der Waals surface area contributed by atoms with Crippen molar-refractivity contribution in [2.45, 2.75) is 25.7 Å². The van der Waals surface area contributed by atoms with Gasteiger partial charge in [-0.05, 0) is 12.1 Å². The van der Waals surface area contributed by atoms with Crippen molar-refractivity contribution in [1.29, 1.82) is 0 Å². The molecule has 17 heavy (non-hydrogen) atoms. The van der Waals surface area contributed by atoms with Gasteiger partial charge in [0.15, 0.2) is 0 Å². The van der Waals surface area contributed by atoms with Crippen molar-refractivity contribution in [3.8, 4) is 0 Å². The molecule has 94 valence electrons.